The minimum atomic E-state index is -0.0190. The number of fused-ring (bicyclic) bond motifs is 1. The Hall–Kier alpha value is -1.73. The van der Waals surface area contributed by atoms with Gasteiger partial charge in [0.05, 0.1) is 30.8 Å². The molecule has 1 aliphatic carbocycles. The summed E-state index contributed by atoms with van der Waals surface area (Å²) in [7, 11) is 0. The lowest BCUT2D eigenvalue weighted by atomic mass is 9.87. The van der Waals surface area contributed by atoms with Crippen molar-refractivity contribution in [2.75, 3.05) is 43.5 Å². The van der Waals surface area contributed by atoms with E-state index in [2.05, 4.69) is 5.32 Å². The van der Waals surface area contributed by atoms with Crippen LogP contribution in [0.3, 0.4) is 0 Å². The molecule has 0 saturated carbocycles. The Balaban J connectivity index is 1.45. The second kappa shape index (κ2) is 8.58. The van der Waals surface area contributed by atoms with Gasteiger partial charge in [-0.05, 0) is 42.5 Å². The number of benzene rings is 1. The molecule has 1 aliphatic heterocycles. The Morgan fingerprint density at radius 1 is 1.28 bits per heavy atom. The molecule has 1 aromatic carbocycles. The van der Waals surface area contributed by atoms with Crippen LogP contribution in [-0.4, -0.2) is 54.5 Å². The highest BCUT2D eigenvalue weighted by Crippen LogP contribution is 2.31. The smallest absolute Gasteiger partial charge is 0.232 e. The number of ether oxygens (including phenoxy) is 1. The number of anilines is 1. The standard InChI is InChI=1S/C18H25N3O3S/c19-14-4-5-15-13(10-14)2-1-3-16(15)20-17(22)11-25-12-18(23)21-6-8-24-9-7-21/h4-5,10,16H,1-3,6-9,11-12,19H2,(H,20,22). The Morgan fingerprint density at radius 3 is 2.88 bits per heavy atom. The van der Waals surface area contributed by atoms with Gasteiger partial charge in [0.25, 0.3) is 0 Å². The molecule has 6 nitrogen and oxygen atoms in total. The minimum Gasteiger partial charge on any atom is -0.399 e. The van der Waals surface area contributed by atoms with Gasteiger partial charge in [0.1, 0.15) is 0 Å². The Morgan fingerprint density at radius 2 is 2.08 bits per heavy atom. The number of rotatable bonds is 5. The van der Waals surface area contributed by atoms with Gasteiger partial charge in [0, 0.05) is 18.8 Å². The number of thioether (sulfide) groups is 1. The largest absolute Gasteiger partial charge is 0.399 e. The zero-order valence-corrected chi connectivity index (χ0v) is 15.1. The number of carbonyl (C=O) groups excluding carboxylic acids is 2. The number of nitrogens with two attached hydrogens (primary N) is 1. The summed E-state index contributed by atoms with van der Waals surface area (Å²) in [4.78, 5) is 26.1. The number of carbonyl (C=O) groups is 2. The SMILES string of the molecule is Nc1ccc2c(c1)CCCC2NC(=O)CSCC(=O)N1CCOCC1. The van der Waals surface area contributed by atoms with Crippen molar-refractivity contribution in [1.82, 2.24) is 10.2 Å². The van der Waals surface area contributed by atoms with E-state index in [1.165, 1.54) is 22.9 Å². The lowest BCUT2D eigenvalue weighted by Gasteiger charge is -2.27. The van der Waals surface area contributed by atoms with Crippen LogP contribution in [0.25, 0.3) is 0 Å². The molecular weight excluding hydrogens is 338 g/mol. The van der Waals surface area contributed by atoms with Gasteiger partial charge in [-0.2, -0.15) is 0 Å². The van der Waals surface area contributed by atoms with Crippen LogP contribution < -0.4 is 11.1 Å². The van der Waals surface area contributed by atoms with Crippen molar-refractivity contribution in [3.63, 3.8) is 0 Å². The van der Waals surface area contributed by atoms with Gasteiger partial charge in [-0.25, -0.2) is 0 Å². The van der Waals surface area contributed by atoms with Crippen molar-refractivity contribution in [3.05, 3.63) is 29.3 Å². The molecule has 1 heterocycles. The van der Waals surface area contributed by atoms with Crippen LogP contribution in [-0.2, 0) is 20.7 Å². The lowest BCUT2D eigenvalue weighted by molar-refractivity contribution is -0.132. The summed E-state index contributed by atoms with van der Waals surface area (Å²) >= 11 is 1.37. The zero-order chi connectivity index (χ0) is 17.6. The normalized spacial score (nSPS) is 20.0. The van der Waals surface area contributed by atoms with E-state index in [4.69, 9.17) is 10.5 Å². The van der Waals surface area contributed by atoms with Crippen LogP contribution in [0.4, 0.5) is 5.69 Å². The molecule has 25 heavy (non-hydrogen) atoms. The molecule has 1 aromatic rings. The number of morpholine rings is 1. The van der Waals surface area contributed by atoms with Crippen LogP contribution in [0.1, 0.15) is 30.0 Å². The first-order valence-electron chi connectivity index (χ1n) is 8.74. The Labute approximate surface area is 152 Å². The third kappa shape index (κ3) is 4.89. The van der Waals surface area contributed by atoms with Crippen molar-refractivity contribution in [1.29, 1.82) is 0 Å². The van der Waals surface area contributed by atoms with Gasteiger partial charge >= 0.3 is 0 Å². The monoisotopic (exact) mass is 363 g/mol. The first-order chi connectivity index (χ1) is 12.1. The molecule has 3 N–H and O–H groups in total. The molecule has 3 rings (SSSR count). The molecule has 1 saturated heterocycles. The summed E-state index contributed by atoms with van der Waals surface area (Å²) in [5.74, 6) is 0.705. The van der Waals surface area contributed by atoms with E-state index >= 15 is 0 Å². The van der Waals surface area contributed by atoms with E-state index in [0.29, 0.717) is 37.8 Å². The maximum atomic E-state index is 12.2. The molecule has 7 heteroatoms. The topological polar surface area (TPSA) is 84.7 Å². The van der Waals surface area contributed by atoms with E-state index in [1.54, 1.807) is 4.90 Å². The molecular formula is C18H25N3O3S. The molecule has 0 spiro atoms. The summed E-state index contributed by atoms with van der Waals surface area (Å²) in [5, 5.41) is 3.10. The van der Waals surface area contributed by atoms with Crippen LogP contribution in [0.5, 0.6) is 0 Å². The highest BCUT2D eigenvalue weighted by Gasteiger charge is 2.22. The number of hydrogen-bond donors (Lipinski definition) is 2. The summed E-state index contributed by atoms with van der Waals surface area (Å²) < 4.78 is 5.24. The third-order valence-corrected chi connectivity index (χ3v) is 5.56. The molecule has 1 fully saturated rings. The van der Waals surface area contributed by atoms with Gasteiger partial charge in [0.2, 0.25) is 11.8 Å². The fourth-order valence-corrected chi connectivity index (χ4v) is 4.08. The first kappa shape index (κ1) is 18.1. The van der Waals surface area contributed by atoms with Crippen molar-refractivity contribution >= 4 is 29.3 Å². The third-order valence-electron chi connectivity index (χ3n) is 4.64. The summed E-state index contributed by atoms with van der Waals surface area (Å²) in [6.45, 7) is 2.49. The highest BCUT2D eigenvalue weighted by molar-refractivity contribution is 8.00. The minimum absolute atomic E-state index is 0.0190. The zero-order valence-electron chi connectivity index (χ0n) is 14.3. The van der Waals surface area contributed by atoms with Gasteiger partial charge in [0.15, 0.2) is 0 Å². The second-order valence-electron chi connectivity index (χ2n) is 6.46. The molecule has 0 bridgehead atoms. The number of hydrogen-bond acceptors (Lipinski definition) is 5. The fourth-order valence-electron chi connectivity index (χ4n) is 3.36. The maximum Gasteiger partial charge on any atom is 0.232 e. The summed E-state index contributed by atoms with van der Waals surface area (Å²) in [6, 6.07) is 5.96. The average Bonchev–Trinajstić information content (AvgIpc) is 2.62. The van der Waals surface area contributed by atoms with Crippen molar-refractivity contribution < 1.29 is 14.3 Å². The molecule has 2 amide bonds. The van der Waals surface area contributed by atoms with Crippen molar-refractivity contribution in [2.45, 2.75) is 25.3 Å². The second-order valence-corrected chi connectivity index (χ2v) is 7.44. The number of nitrogen functional groups attached to an aromatic ring is 1. The van der Waals surface area contributed by atoms with Gasteiger partial charge in [-0.1, -0.05) is 6.07 Å². The Bertz CT molecular complexity index is 632. The van der Waals surface area contributed by atoms with Gasteiger partial charge in [-0.15, -0.1) is 11.8 Å². The van der Waals surface area contributed by atoms with Crippen LogP contribution in [0.15, 0.2) is 18.2 Å². The highest BCUT2D eigenvalue weighted by atomic mass is 32.2. The van der Waals surface area contributed by atoms with Crippen LogP contribution >= 0.6 is 11.8 Å². The molecule has 0 radical (unpaired) electrons. The van der Waals surface area contributed by atoms with E-state index < -0.39 is 0 Å². The lowest BCUT2D eigenvalue weighted by Crippen LogP contribution is -2.41. The fraction of sp³-hybridized carbons (Fsp3) is 0.556. The van der Waals surface area contributed by atoms with Crippen molar-refractivity contribution in [2.24, 2.45) is 0 Å². The molecule has 0 aromatic heterocycles. The molecule has 136 valence electrons. The molecule has 1 atom stereocenters. The Kier molecular flexibility index (Phi) is 6.20. The van der Waals surface area contributed by atoms with Crippen LogP contribution in [0, 0.1) is 0 Å². The number of amides is 2. The number of aryl methyl sites for hydroxylation is 1. The summed E-state index contributed by atoms with van der Waals surface area (Å²) in [6.07, 6.45) is 3.00. The number of nitrogens with one attached hydrogen (secondary N) is 1. The van der Waals surface area contributed by atoms with Crippen LogP contribution in [0.2, 0.25) is 0 Å². The van der Waals surface area contributed by atoms with Gasteiger partial charge < -0.3 is 20.7 Å². The first-order valence-corrected chi connectivity index (χ1v) is 9.90. The average molecular weight is 363 g/mol. The number of nitrogens with zero attached hydrogens (tertiary/aromatic N) is 1. The van der Waals surface area contributed by atoms with E-state index in [9.17, 15) is 9.59 Å². The molecule has 2 aliphatic rings. The predicted molar refractivity (Wildman–Crippen MR) is 99.4 cm³/mol. The maximum absolute atomic E-state index is 12.2. The predicted octanol–water partition coefficient (Wildman–Crippen LogP) is 1.35. The van der Waals surface area contributed by atoms with E-state index in [0.717, 1.165) is 24.9 Å². The van der Waals surface area contributed by atoms with Crippen molar-refractivity contribution in [3.8, 4) is 0 Å². The van der Waals surface area contributed by atoms with Gasteiger partial charge in [-0.3, -0.25) is 9.59 Å². The van der Waals surface area contributed by atoms with E-state index in [1.807, 2.05) is 18.2 Å². The van der Waals surface area contributed by atoms with E-state index in [-0.39, 0.29) is 17.9 Å². The molecule has 1 unspecified atom stereocenters. The summed E-state index contributed by atoms with van der Waals surface area (Å²) in [5.41, 5.74) is 9.01. The quantitative estimate of drug-likeness (QED) is 0.772.